The summed E-state index contributed by atoms with van der Waals surface area (Å²) in [6.07, 6.45) is 0.978. The summed E-state index contributed by atoms with van der Waals surface area (Å²) in [7, 11) is -6.01. The highest BCUT2D eigenvalue weighted by atomic mass is 32.2. The number of rotatable bonds is 7. The van der Waals surface area contributed by atoms with Crippen molar-refractivity contribution in [1.82, 2.24) is 8.61 Å². The average molecular weight is 497 g/mol. The van der Waals surface area contributed by atoms with Gasteiger partial charge >= 0.3 is 0 Å². The van der Waals surface area contributed by atoms with Crippen molar-refractivity contribution in [2.75, 3.05) is 46.5 Å². The Kier molecular flexibility index (Phi) is 7.25. The van der Waals surface area contributed by atoms with Gasteiger partial charge in [-0.15, -0.1) is 0 Å². The number of hydrogen-bond donors (Lipinski definition) is 0. The minimum absolute atomic E-state index is 0.0219. The lowest BCUT2D eigenvalue weighted by molar-refractivity contribution is 0.0730. The zero-order chi connectivity index (χ0) is 23.5. The van der Waals surface area contributed by atoms with E-state index in [1.54, 1.807) is 7.11 Å². The van der Waals surface area contributed by atoms with Crippen LogP contribution < -0.4 is 9.47 Å². The van der Waals surface area contributed by atoms with Crippen LogP contribution in [0.2, 0.25) is 0 Å². The molecule has 0 saturated carbocycles. The maximum atomic E-state index is 13.2. The number of sulfonamides is 2. The number of nitrogens with zero attached hydrogens (tertiary/aromatic N) is 2. The van der Waals surface area contributed by atoms with Crippen LogP contribution in [0, 0.1) is 0 Å². The SMILES string of the molecule is COc1ccc(OC2CCN(S(=O)(=O)c3cccc(S(=O)(=O)N4CCOCC4)c3)CC2)cc1. The van der Waals surface area contributed by atoms with Gasteiger partial charge in [-0.2, -0.15) is 8.61 Å². The third-order valence-electron chi connectivity index (χ3n) is 5.81. The number of methoxy groups -OCH3 is 1. The first-order chi connectivity index (χ1) is 15.8. The molecule has 0 spiro atoms. The molecule has 0 bridgehead atoms. The second-order valence-electron chi connectivity index (χ2n) is 7.89. The van der Waals surface area contributed by atoms with Gasteiger partial charge in [-0.1, -0.05) is 6.07 Å². The van der Waals surface area contributed by atoms with Gasteiger partial charge in [0.15, 0.2) is 0 Å². The van der Waals surface area contributed by atoms with Crippen molar-refractivity contribution in [3.63, 3.8) is 0 Å². The first kappa shape index (κ1) is 24.0. The van der Waals surface area contributed by atoms with E-state index in [0.717, 1.165) is 5.75 Å². The highest BCUT2D eigenvalue weighted by Gasteiger charge is 2.32. The molecule has 9 nitrogen and oxygen atoms in total. The zero-order valence-corrected chi connectivity index (χ0v) is 20.1. The molecule has 2 aromatic rings. The van der Waals surface area contributed by atoms with Crippen LogP contribution >= 0.6 is 0 Å². The highest BCUT2D eigenvalue weighted by Crippen LogP contribution is 2.27. The Hall–Kier alpha value is -2.18. The molecule has 0 N–H and O–H groups in total. The molecule has 180 valence electrons. The maximum Gasteiger partial charge on any atom is 0.243 e. The maximum absolute atomic E-state index is 13.2. The highest BCUT2D eigenvalue weighted by molar-refractivity contribution is 7.90. The second kappa shape index (κ2) is 9.98. The van der Waals surface area contributed by atoms with Crippen molar-refractivity contribution in [3.8, 4) is 11.5 Å². The standard InChI is InChI=1S/C22H28N2O7S2/c1-29-18-5-7-19(8-6-18)31-20-9-11-23(12-10-20)32(25,26)21-3-2-4-22(17-21)33(27,28)24-13-15-30-16-14-24/h2-8,17,20H,9-16H2,1H3. The lowest BCUT2D eigenvalue weighted by Crippen LogP contribution is -2.42. The Morgan fingerprint density at radius 3 is 1.85 bits per heavy atom. The lowest BCUT2D eigenvalue weighted by Gasteiger charge is -2.31. The van der Waals surface area contributed by atoms with Crippen molar-refractivity contribution in [3.05, 3.63) is 48.5 Å². The topological polar surface area (TPSA) is 102 Å². The van der Waals surface area contributed by atoms with E-state index in [1.807, 2.05) is 24.3 Å². The molecule has 2 aliphatic heterocycles. The summed E-state index contributed by atoms with van der Waals surface area (Å²) >= 11 is 0. The van der Waals surface area contributed by atoms with Crippen LogP contribution in [-0.4, -0.2) is 78.1 Å². The van der Waals surface area contributed by atoms with Gasteiger partial charge in [-0.05, 0) is 55.3 Å². The van der Waals surface area contributed by atoms with Crippen molar-refractivity contribution in [1.29, 1.82) is 0 Å². The van der Waals surface area contributed by atoms with Crippen LogP contribution in [0.15, 0.2) is 58.3 Å². The van der Waals surface area contributed by atoms with Gasteiger partial charge in [0, 0.05) is 26.2 Å². The first-order valence-corrected chi connectivity index (χ1v) is 13.7. The minimum Gasteiger partial charge on any atom is -0.497 e. The monoisotopic (exact) mass is 496 g/mol. The van der Waals surface area contributed by atoms with Crippen LogP contribution in [-0.2, 0) is 24.8 Å². The average Bonchev–Trinajstić information content (AvgIpc) is 2.85. The van der Waals surface area contributed by atoms with Gasteiger partial charge < -0.3 is 14.2 Å². The molecule has 33 heavy (non-hydrogen) atoms. The Labute approximate surface area is 195 Å². The van der Waals surface area contributed by atoms with Crippen molar-refractivity contribution in [2.45, 2.75) is 28.7 Å². The number of benzene rings is 2. The molecule has 2 aromatic carbocycles. The smallest absolute Gasteiger partial charge is 0.243 e. The molecule has 0 radical (unpaired) electrons. The molecule has 0 amide bonds. The molecule has 2 saturated heterocycles. The molecule has 4 rings (SSSR count). The summed E-state index contributed by atoms with van der Waals surface area (Å²) in [4.78, 5) is -0.0467. The van der Waals surface area contributed by atoms with Gasteiger partial charge in [0.2, 0.25) is 20.0 Å². The Morgan fingerprint density at radius 2 is 1.30 bits per heavy atom. The Bertz CT molecular complexity index is 1150. The first-order valence-electron chi connectivity index (χ1n) is 10.8. The summed E-state index contributed by atoms with van der Waals surface area (Å²) in [6.45, 7) is 1.74. The fraction of sp³-hybridized carbons (Fsp3) is 0.455. The molecular weight excluding hydrogens is 468 g/mol. The zero-order valence-electron chi connectivity index (χ0n) is 18.4. The molecule has 2 aliphatic rings. The van der Waals surface area contributed by atoms with E-state index in [2.05, 4.69) is 0 Å². The fourth-order valence-corrected chi connectivity index (χ4v) is 6.96. The predicted octanol–water partition coefficient (Wildman–Crippen LogP) is 1.95. The summed E-state index contributed by atoms with van der Waals surface area (Å²) in [6, 6.07) is 12.9. The number of ether oxygens (including phenoxy) is 3. The Morgan fingerprint density at radius 1 is 0.788 bits per heavy atom. The minimum atomic E-state index is -3.83. The predicted molar refractivity (Wildman–Crippen MR) is 121 cm³/mol. The third kappa shape index (κ3) is 5.33. The molecule has 0 unspecified atom stereocenters. The van der Waals surface area contributed by atoms with Gasteiger partial charge in [0.05, 0.1) is 30.1 Å². The van der Waals surface area contributed by atoms with E-state index in [0.29, 0.717) is 44.9 Å². The molecule has 11 heteroatoms. The molecule has 2 heterocycles. The second-order valence-corrected chi connectivity index (χ2v) is 11.8. The molecule has 0 atom stereocenters. The summed E-state index contributed by atoms with van der Waals surface area (Å²) in [5.74, 6) is 1.44. The van der Waals surface area contributed by atoms with Gasteiger partial charge in [-0.3, -0.25) is 0 Å². The Balaban J connectivity index is 1.43. The van der Waals surface area contributed by atoms with Crippen LogP contribution in [0.1, 0.15) is 12.8 Å². The van der Waals surface area contributed by atoms with Gasteiger partial charge in [0.1, 0.15) is 17.6 Å². The normalized spacial score (nSPS) is 19.3. The van der Waals surface area contributed by atoms with Gasteiger partial charge in [0.25, 0.3) is 0 Å². The van der Waals surface area contributed by atoms with Crippen molar-refractivity contribution < 1.29 is 31.0 Å². The van der Waals surface area contributed by atoms with E-state index in [9.17, 15) is 16.8 Å². The molecular formula is C22H28N2O7S2. The third-order valence-corrected chi connectivity index (χ3v) is 9.60. The van der Waals surface area contributed by atoms with Crippen molar-refractivity contribution in [2.24, 2.45) is 0 Å². The van der Waals surface area contributed by atoms with E-state index in [-0.39, 0.29) is 29.0 Å². The van der Waals surface area contributed by atoms with E-state index in [4.69, 9.17) is 14.2 Å². The van der Waals surface area contributed by atoms with Gasteiger partial charge in [-0.25, -0.2) is 16.8 Å². The van der Waals surface area contributed by atoms with Crippen LogP contribution in [0.5, 0.6) is 11.5 Å². The fourth-order valence-electron chi connectivity index (χ4n) is 3.92. The molecule has 0 aromatic heterocycles. The van der Waals surface area contributed by atoms with E-state index >= 15 is 0 Å². The van der Waals surface area contributed by atoms with Crippen LogP contribution in [0.3, 0.4) is 0 Å². The number of morpholine rings is 1. The summed E-state index contributed by atoms with van der Waals surface area (Å²) < 4.78 is 71.4. The van der Waals surface area contributed by atoms with Crippen molar-refractivity contribution >= 4 is 20.0 Å². The lowest BCUT2D eigenvalue weighted by atomic mass is 10.1. The molecule has 0 aliphatic carbocycles. The van der Waals surface area contributed by atoms with Crippen LogP contribution in [0.4, 0.5) is 0 Å². The number of piperidine rings is 1. The molecule has 2 fully saturated rings. The largest absolute Gasteiger partial charge is 0.497 e. The summed E-state index contributed by atoms with van der Waals surface area (Å²) in [5, 5.41) is 0. The summed E-state index contributed by atoms with van der Waals surface area (Å²) in [5.41, 5.74) is 0. The quantitative estimate of drug-likeness (QED) is 0.577. The number of hydrogen-bond acceptors (Lipinski definition) is 7. The van der Waals surface area contributed by atoms with E-state index < -0.39 is 20.0 Å². The van der Waals surface area contributed by atoms with Crippen LogP contribution in [0.25, 0.3) is 0 Å². The van der Waals surface area contributed by atoms with E-state index in [1.165, 1.54) is 32.9 Å².